The molecule has 0 heterocycles. The molecule has 0 unspecified atom stereocenters. The van der Waals surface area contributed by atoms with Crippen LogP contribution in [0.2, 0.25) is 0 Å². The lowest BCUT2D eigenvalue weighted by Gasteiger charge is -2.20. The topological polar surface area (TPSA) is 44.8 Å². The van der Waals surface area contributed by atoms with Crippen molar-refractivity contribution in [1.82, 2.24) is 0 Å². The van der Waals surface area contributed by atoms with Gasteiger partial charge in [-0.15, -0.1) is 0 Å². The van der Waals surface area contributed by atoms with Crippen LogP contribution in [0.1, 0.15) is 27.2 Å². The molecule has 124 valence electrons. The summed E-state index contributed by atoms with van der Waals surface area (Å²) in [6, 6.07) is 14.0. The summed E-state index contributed by atoms with van der Waals surface area (Å²) in [6.07, 6.45) is 0.748. The highest BCUT2D eigenvalue weighted by molar-refractivity contribution is 5.83. The number of esters is 1. The summed E-state index contributed by atoms with van der Waals surface area (Å²) >= 11 is 0. The molecule has 0 aromatic heterocycles. The molecule has 0 aliphatic carbocycles. The third-order valence-corrected chi connectivity index (χ3v) is 3.93. The van der Waals surface area contributed by atoms with Crippen molar-refractivity contribution in [2.75, 3.05) is 20.0 Å². The first-order valence-corrected chi connectivity index (χ1v) is 7.89. The van der Waals surface area contributed by atoms with E-state index in [1.807, 2.05) is 57.2 Å². The molecule has 0 atom stereocenters. The largest absolute Gasteiger partial charge is 0.468 e. The Kier molecular flexibility index (Phi) is 5.99. The second kappa shape index (κ2) is 7.97. The zero-order valence-electron chi connectivity index (χ0n) is 14.0. The van der Waals surface area contributed by atoms with Crippen LogP contribution in [0.3, 0.4) is 0 Å². The second-order valence-electron chi connectivity index (χ2n) is 6.05. The van der Waals surface area contributed by atoms with Crippen LogP contribution in [0.4, 0.5) is 0 Å². The van der Waals surface area contributed by atoms with E-state index < -0.39 is 5.41 Å². The highest BCUT2D eigenvalue weighted by atomic mass is 16.7. The van der Waals surface area contributed by atoms with Gasteiger partial charge in [-0.3, -0.25) is 4.79 Å². The summed E-state index contributed by atoms with van der Waals surface area (Å²) in [5, 5.41) is 2.30. The monoisotopic (exact) mass is 316 g/mol. The van der Waals surface area contributed by atoms with E-state index in [-0.39, 0.29) is 19.4 Å². The van der Waals surface area contributed by atoms with Crippen molar-refractivity contribution < 1.29 is 19.0 Å². The number of carbonyl (C=O) groups is 1. The fourth-order valence-corrected chi connectivity index (χ4v) is 1.96. The fraction of sp³-hybridized carbons (Fsp3) is 0.421. The lowest BCUT2D eigenvalue weighted by Crippen LogP contribution is -2.27. The molecule has 4 heteroatoms. The van der Waals surface area contributed by atoms with Crippen molar-refractivity contribution >= 4 is 16.7 Å². The van der Waals surface area contributed by atoms with Crippen LogP contribution >= 0.6 is 0 Å². The van der Waals surface area contributed by atoms with Crippen molar-refractivity contribution in [3.05, 3.63) is 42.5 Å². The van der Waals surface area contributed by atoms with Gasteiger partial charge < -0.3 is 14.2 Å². The zero-order chi connectivity index (χ0) is 16.7. The molecule has 0 amide bonds. The van der Waals surface area contributed by atoms with Crippen LogP contribution < -0.4 is 4.74 Å². The number of hydrogen-bond donors (Lipinski definition) is 0. The van der Waals surface area contributed by atoms with E-state index >= 15 is 0 Å². The fourth-order valence-electron chi connectivity index (χ4n) is 1.96. The van der Waals surface area contributed by atoms with E-state index in [2.05, 4.69) is 6.07 Å². The molecule has 2 aromatic carbocycles. The lowest BCUT2D eigenvalue weighted by atomic mass is 9.91. The predicted octanol–water partition coefficient (Wildman–Crippen LogP) is 4.17. The van der Waals surface area contributed by atoms with Crippen LogP contribution in [0.15, 0.2) is 42.5 Å². The van der Waals surface area contributed by atoms with E-state index in [1.54, 1.807) is 0 Å². The lowest BCUT2D eigenvalue weighted by molar-refractivity contribution is -0.156. The number of rotatable bonds is 8. The van der Waals surface area contributed by atoms with Crippen molar-refractivity contribution in [1.29, 1.82) is 0 Å². The molecule has 0 spiro atoms. The third kappa shape index (κ3) is 4.96. The van der Waals surface area contributed by atoms with Gasteiger partial charge in [-0.1, -0.05) is 37.3 Å². The summed E-state index contributed by atoms with van der Waals surface area (Å²) in [5.41, 5.74) is -0.443. The van der Waals surface area contributed by atoms with Gasteiger partial charge in [0.15, 0.2) is 6.79 Å². The van der Waals surface area contributed by atoms with Crippen LogP contribution in [-0.4, -0.2) is 26.0 Å². The quantitative estimate of drug-likeness (QED) is 0.416. The van der Waals surface area contributed by atoms with Gasteiger partial charge in [-0.25, -0.2) is 0 Å². The summed E-state index contributed by atoms with van der Waals surface area (Å²) in [7, 11) is 0. The maximum absolute atomic E-state index is 11.8. The molecule has 0 aliphatic rings. The minimum Gasteiger partial charge on any atom is -0.468 e. The Morgan fingerprint density at radius 2 is 1.78 bits per heavy atom. The van der Waals surface area contributed by atoms with Crippen molar-refractivity contribution in [3.63, 3.8) is 0 Å². The SMILES string of the molecule is CCC(C)(C)C(=O)OCCOCOc1ccc2ccccc2c1. The van der Waals surface area contributed by atoms with Gasteiger partial charge in [0.1, 0.15) is 12.4 Å². The van der Waals surface area contributed by atoms with Gasteiger partial charge in [-0.2, -0.15) is 0 Å². The van der Waals surface area contributed by atoms with E-state index in [0.717, 1.165) is 17.6 Å². The van der Waals surface area contributed by atoms with Crippen LogP contribution in [0.5, 0.6) is 5.75 Å². The summed E-state index contributed by atoms with van der Waals surface area (Å²) in [5.74, 6) is 0.562. The van der Waals surface area contributed by atoms with Crippen LogP contribution in [0.25, 0.3) is 10.8 Å². The van der Waals surface area contributed by atoms with Gasteiger partial charge in [-0.05, 0) is 43.2 Å². The van der Waals surface area contributed by atoms with E-state index in [1.165, 1.54) is 5.39 Å². The molecular weight excluding hydrogens is 292 g/mol. The summed E-state index contributed by atoms with van der Waals surface area (Å²) in [4.78, 5) is 11.8. The van der Waals surface area contributed by atoms with E-state index in [0.29, 0.717) is 6.61 Å². The van der Waals surface area contributed by atoms with Crippen molar-refractivity contribution in [2.45, 2.75) is 27.2 Å². The Morgan fingerprint density at radius 1 is 1.04 bits per heavy atom. The number of ether oxygens (including phenoxy) is 3. The van der Waals surface area contributed by atoms with Crippen molar-refractivity contribution in [3.8, 4) is 5.75 Å². The van der Waals surface area contributed by atoms with Gasteiger partial charge in [0.25, 0.3) is 0 Å². The van der Waals surface area contributed by atoms with Crippen LogP contribution in [-0.2, 0) is 14.3 Å². The number of benzene rings is 2. The van der Waals surface area contributed by atoms with Gasteiger partial charge >= 0.3 is 5.97 Å². The average Bonchev–Trinajstić information content (AvgIpc) is 2.57. The normalized spacial score (nSPS) is 11.4. The minimum absolute atomic E-state index is 0.132. The summed E-state index contributed by atoms with van der Waals surface area (Å²) < 4.78 is 16.1. The Labute approximate surface area is 137 Å². The molecule has 2 aromatic rings. The highest BCUT2D eigenvalue weighted by Gasteiger charge is 2.26. The first-order chi connectivity index (χ1) is 11.0. The molecule has 0 saturated heterocycles. The molecule has 23 heavy (non-hydrogen) atoms. The number of carbonyl (C=O) groups excluding carboxylic acids is 1. The molecule has 0 saturated carbocycles. The maximum Gasteiger partial charge on any atom is 0.311 e. The molecule has 0 radical (unpaired) electrons. The average molecular weight is 316 g/mol. The van der Waals surface area contributed by atoms with Crippen LogP contribution in [0, 0.1) is 5.41 Å². The first-order valence-electron chi connectivity index (χ1n) is 7.89. The third-order valence-electron chi connectivity index (χ3n) is 3.93. The molecule has 0 bridgehead atoms. The Balaban J connectivity index is 1.68. The number of hydrogen-bond acceptors (Lipinski definition) is 4. The van der Waals surface area contributed by atoms with Gasteiger partial charge in [0.05, 0.1) is 12.0 Å². The smallest absolute Gasteiger partial charge is 0.311 e. The summed E-state index contributed by atoms with van der Waals surface area (Å²) in [6.45, 7) is 6.41. The molecule has 0 N–H and O–H groups in total. The van der Waals surface area contributed by atoms with Gasteiger partial charge in [0.2, 0.25) is 0 Å². The van der Waals surface area contributed by atoms with E-state index in [9.17, 15) is 4.79 Å². The Hall–Kier alpha value is -2.07. The standard InChI is InChI=1S/C19H24O4/c1-4-19(2,3)18(20)22-12-11-21-14-23-17-10-9-15-7-5-6-8-16(15)13-17/h5-10,13H,4,11-12,14H2,1-3H3. The molecule has 0 fully saturated rings. The number of fused-ring (bicyclic) bond motifs is 1. The molecule has 4 nitrogen and oxygen atoms in total. The van der Waals surface area contributed by atoms with Crippen molar-refractivity contribution in [2.24, 2.45) is 5.41 Å². The second-order valence-corrected chi connectivity index (χ2v) is 6.05. The molecule has 0 aliphatic heterocycles. The molecule has 2 rings (SSSR count). The Bertz CT molecular complexity index is 649. The zero-order valence-corrected chi connectivity index (χ0v) is 14.0. The van der Waals surface area contributed by atoms with Gasteiger partial charge in [0, 0.05) is 0 Å². The minimum atomic E-state index is -0.443. The first kappa shape index (κ1) is 17.3. The highest BCUT2D eigenvalue weighted by Crippen LogP contribution is 2.21. The Morgan fingerprint density at radius 3 is 2.52 bits per heavy atom. The molecular formula is C19H24O4. The maximum atomic E-state index is 11.8. The predicted molar refractivity (Wildman–Crippen MR) is 90.4 cm³/mol. The van der Waals surface area contributed by atoms with E-state index in [4.69, 9.17) is 14.2 Å².